The van der Waals surface area contributed by atoms with Crippen LogP contribution in [0.2, 0.25) is 0 Å². The first kappa shape index (κ1) is 20.8. The van der Waals surface area contributed by atoms with E-state index in [1.807, 2.05) is 36.4 Å². The summed E-state index contributed by atoms with van der Waals surface area (Å²) in [6, 6.07) is 39.7. The number of benzene rings is 6. The van der Waals surface area contributed by atoms with Crippen LogP contribution in [0.1, 0.15) is 0 Å². The normalized spacial score (nSPS) is 11.2. The molecule has 0 fully saturated rings. The molecule has 0 saturated heterocycles. The van der Waals surface area contributed by atoms with E-state index in [1.54, 1.807) is 0 Å². The van der Waals surface area contributed by atoms with Crippen LogP contribution >= 0.6 is 0 Å². The van der Waals surface area contributed by atoms with Crippen LogP contribution < -0.4 is 17.2 Å². The maximum atomic E-state index is 6.05. The highest BCUT2D eigenvalue weighted by Gasteiger charge is 2.17. The minimum atomic E-state index is 0.744. The summed E-state index contributed by atoms with van der Waals surface area (Å²) < 4.78 is 0. The zero-order valence-corrected chi connectivity index (χ0v) is 19.2. The molecule has 3 heteroatoms. The van der Waals surface area contributed by atoms with Gasteiger partial charge in [-0.25, -0.2) is 0 Å². The van der Waals surface area contributed by atoms with Crippen molar-refractivity contribution in [3.63, 3.8) is 0 Å². The number of rotatable bonds is 3. The van der Waals surface area contributed by atoms with Gasteiger partial charge in [-0.05, 0) is 110 Å². The summed E-state index contributed by atoms with van der Waals surface area (Å²) in [5.74, 6) is 0. The lowest BCUT2D eigenvalue weighted by Gasteiger charge is -2.19. The lowest BCUT2D eigenvalue weighted by molar-refractivity contribution is 1.59. The van der Waals surface area contributed by atoms with E-state index in [4.69, 9.17) is 17.2 Å². The van der Waals surface area contributed by atoms with Crippen molar-refractivity contribution < 1.29 is 0 Å². The molecule has 0 radical (unpaired) electrons. The molecule has 0 atom stereocenters. The van der Waals surface area contributed by atoms with Crippen LogP contribution in [0.3, 0.4) is 0 Å². The van der Waals surface area contributed by atoms with Gasteiger partial charge in [-0.1, -0.05) is 60.7 Å². The fraction of sp³-hybridized carbons (Fsp3) is 0. The average molecular weight is 452 g/mol. The molecule has 6 aromatic rings. The molecule has 6 N–H and O–H groups in total. The molecule has 0 spiro atoms. The van der Waals surface area contributed by atoms with Crippen LogP contribution in [0.15, 0.2) is 115 Å². The molecular weight excluding hydrogens is 426 g/mol. The molecule has 6 rings (SSSR count). The van der Waals surface area contributed by atoms with Crippen LogP contribution in [-0.2, 0) is 0 Å². The molecule has 0 bridgehead atoms. The third-order valence-electron chi connectivity index (χ3n) is 6.65. The highest BCUT2D eigenvalue weighted by atomic mass is 14.5. The van der Waals surface area contributed by atoms with Crippen molar-refractivity contribution in [1.29, 1.82) is 0 Å². The highest BCUT2D eigenvalue weighted by Crippen LogP contribution is 2.44. The van der Waals surface area contributed by atoms with Crippen molar-refractivity contribution in [3.8, 4) is 33.4 Å². The largest absolute Gasteiger partial charge is 0.399 e. The van der Waals surface area contributed by atoms with Gasteiger partial charge < -0.3 is 17.2 Å². The van der Waals surface area contributed by atoms with E-state index in [9.17, 15) is 0 Å². The lowest BCUT2D eigenvalue weighted by Crippen LogP contribution is -1.94. The number of hydrogen-bond acceptors (Lipinski definition) is 3. The average Bonchev–Trinajstić information content (AvgIpc) is 2.88. The second kappa shape index (κ2) is 8.23. The summed E-state index contributed by atoms with van der Waals surface area (Å²) in [7, 11) is 0. The van der Waals surface area contributed by atoms with Crippen molar-refractivity contribution in [3.05, 3.63) is 115 Å². The predicted molar refractivity (Wildman–Crippen MR) is 151 cm³/mol. The van der Waals surface area contributed by atoms with Crippen LogP contribution in [0.5, 0.6) is 0 Å². The van der Waals surface area contributed by atoms with Crippen LogP contribution in [0.25, 0.3) is 54.9 Å². The minimum Gasteiger partial charge on any atom is -0.399 e. The molecule has 3 nitrogen and oxygen atoms in total. The number of nitrogens with two attached hydrogens (primary N) is 3. The summed E-state index contributed by atoms with van der Waals surface area (Å²) in [6.45, 7) is 0. The Bertz CT molecular complexity index is 1680. The molecule has 0 unspecified atom stereocenters. The van der Waals surface area contributed by atoms with E-state index in [0.717, 1.165) is 44.9 Å². The second-order valence-corrected chi connectivity index (χ2v) is 8.96. The summed E-state index contributed by atoms with van der Waals surface area (Å²) >= 11 is 0. The topological polar surface area (TPSA) is 78.1 Å². The molecule has 0 aliphatic heterocycles. The standard InChI is InChI=1S/C32H25N3/c33-25-11-5-20(6-12-25)28-19-29(21-7-13-26(34)14-8-21)32(22-9-15-27(35)16-10-22)31-18-24-4-2-1-3-23(24)17-30(28)31/h1-19H,33-35H2. The Morgan fingerprint density at radius 2 is 0.800 bits per heavy atom. The Balaban J connectivity index is 1.79. The fourth-order valence-corrected chi connectivity index (χ4v) is 4.86. The Labute approximate surface area is 204 Å². The molecule has 0 saturated carbocycles. The molecule has 0 amide bonds. The first-order chi connectivity index (χ1) is 17.1. The maximum Gasteiger partial charge on any atom is 0.0314 e. The van der Waals surface area contributed by atoms with Crippen molar-refractivity contribution in [2.75, 3.05) is 17.2 Å². The number of fused-ring (bicyclic) bond motifs is 2. The molecule has 0 heterocycles. The van der Waals surface area contributed by atoms with E-state index in [1.165, 1.54) is 27.1 Å². The Kier molecular flexibility index (Phi) is 4.89. The van der Waals surface area contributed by atoms with Crippen LogP contribution in [-0.4, -0.2) is 0 Å². The van der Waals surface area contributed by atoms with Gasteiger partial charge in [0, 0.05) is 17.1 Å². The lowest BCUT2D eigenvalue weighted by atomic mass is 9.84. The third kappa shape index (κ3) is 3.73. The van der Waals surface area contributed by atoms with Crippen LogP contribution in [0, 0.1) is 0 Å². The highest BCUT2D eigenvalue weighted by molar-refractivity contribution is 6.15. The van der Waals surface area contributed by atoms with Crippen LogP contribution in [0.4, 0.5) is 17.1 Å². The molecular formula is C32H25N3. The molecule has 6 aromatic carbocycles. The summed E-state index contributed by atoms with van der Waals surface area (Å²) in [5.41, 5.74) is 27.2. The molecule has 0 aliphatic rings. The van der Waals surface area contributed by atoms with Gasteiger partial charge in [0.2, 0.25) is 0 Å². The Morgan fingerprint density at radius 1 is 0.371 bits per heavy atom. The second-order valence-electron chi connectivity index (χ2n) is 8.96. The van der Waals surface area contributed by atoms with Gasteiger partial charge in [-0.2, -0.15) is 0 Å². The predicted octanol–water partition coefficient (Wildman–Crippen LogP) is 7.74. The molecule has 0 aromatic heterocycles. The zero-order chi connectivity index (χ0) is 23.9. The molecule has 168 valence electrons. The van der Waals surface area contributed by atoms with Crippen molar-refractivity contribution >= 4 is 38.6 Å². The van der Waals surface area contributed by atoms with Gasteiger partial charge in [0.15, 0.2) is 0 Å². The van der Waals surface area contributed by atoms with E-state index in [-0.39, 0.29) is 0 Å². The van der Waals surface area contributed by atoms with E-state index < -0.39 is 0 Å². The monoisotopic (exact) mass is 451 g/mol. The van der Waals surface area contributed by atoms with Gasteiger partial charge in [0.05, 0.1) is 0 Å². The number of hydrogen-bond donors (Lipinski definition) is 3. The molecule has 0 aliphatic carbocycles. The SMILES string of the molecule is Nc1ccc(-c2cc(-c3ccc(N)cc3)c3cc4ccccc4cc3c2-c2ccc(N)cc2)cc1. The third-order valence-corrected chi connectivity index (χ3v) is 6.65. The van der Waals surface area contributed by atoms with Gasteiger partial charge >= 0.3 is 0 Å². The summed E-state index contributed by atoms with van der Waals surface area (Å²) in [4.78, 5) is 0. The fourth-order valence-electron chi connectivity index (χ4n) is 4.86. The zero-order valence-electron chi connectivity index (χ0n) is 19.2. The Hall–Kier alpha value is -4.76. The Morgan fingerprint density at radius 3 is 1.31 bits per heavy atom. The number of nitrogen functional groups attached to an aromatic ring is 3. The first-order valence-electron chi connectivity index (χ1n) is 11.6. The van der Waals surface area contributed by atoms with Gasteiger partial charge in [0.1, 0.15) is 0 Å². The van der Waals surface area contributed by atoms with Gasteiger partial charge in [-0.3, -0.25) is 0 Å². The summed E-state index contributed by atoms with van der Waals surface area (Å²) in [5, 5.41) is 4.80. The smallest absolute Gasteiger partial charge is 0.0314 e. The molecule has 35 heavy (non-hydrogen) atoms. The van der Waals surface area contributed by atoms with Gasteiger partial charge in [0.25, 0.3) is 0 Å². The van der Waals surface area contributed by atoms with E-state index >= 15 is 0 Å². The first-order valence-corrected chi connectivity index (χ1v) is 11.6. The van der Waals surface area contributed by atoms with E-state index in [0.29, 0.717) is 0 Å². The van der Waals surface area contributed by atoms with Crippen molar-refractivity contribution in [2.45, 2.75) is 0 Å². The summed E-state index contributed by atoms with van der Waals surface area (Å²) in [6.07, 6.45) is 0. The number of anilines is 3. The minimum absolute atomic E-state index is 0.744. The quantitative estimate of drug-likeness (QED) is 0.190. The van der Waals surface area contributed by atoms with Crippen molar-refractivity contribution in [2.24, 2.45) is 0 Å². The van der Waals surface area contributed by atoms with E-state index in [2.05, 4.69) is 78.9 Å². The van der Waals surface area contributed by atoms with Crippen molar-refractivity contribution in [1.82, 2.24) is 0 Å². The maximum absolute atomic E-state index is 6.05. The van der Waals surface area contributed by atoms with Gasteiger partial charge in [-0.15, -0.1) is 0 Å².